The minimum atomic E-state index is 0. The van der Waals surface area contributed by atoms with Crippen molar-refractivity contribution in [3.8, 4) is 0 Å². The van der Waals surface area contributed by atoms with Crippen LogP contribution < -0.4 is 0 Å². The maximum Gasteiger partial charge on any atom is 0.0450 e. The third-order valence-electron chi connectivity index (χ3n) is 4.19. The lowest BCUT2D eigenvalue weighted by molar-refractivity contribution is 0.141. The maximum absolute atomic E-state index is 2.66. The molecule has 1 aromatic heterocycles. The van der Waals surface area contributed by atoms with Crippen molar-refractivity contribution in [2.45, 2.75) is 31.7 Å². The van der Waals surface area contributed by atoms with Crippen LogP contribution in [0.25, 0.3) is 0 Å². The molecule has 84 valence electrons. The lowest BCUT2D eigenvalue weighted by atomic mass is 9.85. The van der Waals surface area contributed by atoms with E-state index in [9.17, 15) is 0 Å². The van der Waals surface area contributed by atoms with Crippen molar-refractivity contribution in [1.82, 2.24) is 9.47 Å². The van der Waals surface area contributed by atoms with Crippen LogP contribution in [0.3, 0.4) is 0 Å². The highest BCUT2D eigenvalue weighted by molar-refractivity contribution is 5.85. The molecule has 0 N–H and O–H groups in total. The largest absolute Gasteiger partial charge is 0.354 e. The molecule has 1 saturated heterocycles. The van der Waals surface area contributed by atoms with Gasteiger partial charge in [0.1, 0.15) is 0 Å². The second-order valence-corrected chi connectivity index (χ2v) is 4.90. The molecule has 0 amide bonds. The Balaban J connectivity index is 0.000000853. The second kappa shape index (κ2) is 3.53. The van der Waals surface area contributed by atoms with Gasteiger partial charge in [0.25, 0.3) is 0 Å². The molecular formula is C12H19ClN2. The molecule has 2 nitrogen and oxygen atoms in total. The van der Waals surface area contributed by atoms with Crippen molar-refractivity contribution < 1.29 is 0 Å². The van der Waals surface area contributed by atoms with Crippen LogP contribution in [0.5, 0.6) is 0 Å². The molecule has 0 radical (unpaired) electrons. The Morgan fingerprint density at radius 1 is 1.33 bits per heavy atom. The summed E-state index contributed by atoms with van der Waals surface area (Å²) in [7, 11) is 2.17. The zero-order valence-corrected chi connectivity index (χ0v) is 10.3. The fraction of sp³-hybridized carbons (Fsp3) is 0.667. The summed E-state index contributed by atoms with van der Waals surface area (Å²) in [6.07, 6.45) is 6.15. The summed E-state index contributed by atoms with van der Waals surface area (Å²) in [6, 6.07) is 2.33. The number of nitrogens with zero attached hydrogens (tertiary/aromatic N) is 2. The molecular weight excluding hydrogens is 208 g/mol. The van der Waals surface area contributed by atoms with Gasteiger partial charge in [-0.3, -0.25) is 4.90 Å². The summed E-state index contributed by atoms with van der Waals surface area (Å²) < 4.78 is 2.30. The van der Waals surface area contributed by atoms with Crippen LogP contribution >= 0.6 is 12.4 Å². The van der Waals surface area contributed by atoms with Gasteiger partial charge in [-0.05, 0) is 37.9 Å². The van der Waals surface area contributed by atoms with Crippen molar-refractivity contribution in [3.63, 3.8) is 0 Å². The molecule has 1 unspecified atom stereocenters. The molecule has 3 heteroatoms. The number of aromatic nitrogens is 1. The molecule has 0 saturated carbocycles. The first kappa shape index (κ1) is 11.0. The zero-order valence-electron chi connectivity index (χ0n) is 9.49. The predicted molar refractivity (Wildman–Crippen MR) is 64.5 cm³/mol. The van der Waals surface area contributed by atoms with Crippen LogP contribution in [0, 0.1) is 0 Å². The Labute approximate surface area is 97.7 Å². The minimum absolute atomic E-state index is 0. The van der Waals surface area contributed by atoms with E-state index in [1.165, 1.54) is 32.4 Å². The van der Waals surface area contributed by atoms with E-state index in [1.54, 1.807) is 11.3 Å². The number of aryl methyl sites for hydroxylation is 1. The third-order valence-corrected chi connectivity index (χ3v) is 4.19. The van der Waals surface area contributed by atoms with Gasteiger partial charge in [0.15, 0.2) is 0 Å². The second-order valence-electron chi connectivity index (χ2n) is 4.90. The molecule has 0 aliphatic carbocycles. The first-order chi connectivity index (χ1) is 6.72. The number of rotatable bonds is 0. The Kier molecular flexibility index (Phi) is 2.60. The van der Waals surface area contributed by atoms with E-state index < -0.39 is 0 Å². The summed E-state index contributed by atoms with van der Waals surface area (Å²) >= 11 is 0. The van der Waals surface area contributed by atoms with E-state index in [-0.39, 0.29) is 12.4 Å². The van der Waals surface area contributed by atoms with Crippen LogP contribution in [0.4, 0.5) is 0 Å². The molecule has 0 spiro atoms. The standard InChI is InChI=1S/C12H18N2.ClH/c1-12-6-3-7-14(12)9-5-11-10(12)4-8-13(11)2;/h4,8H,3,5-7,9H2,1-2H3;1H. The van der Waals surface area contributed by atoms with Gasteiger partial charge in [-0.25, -0.2) is 0 Å². The van der Waals surface area contributed by atoms with Gasteiger partial charge in [0.2, 0.25) is 0 Å². The first-order valence-electron chi connectivity index (χ1n) is 5.61. The summed E-state index contributed by atoms with van der Waals surface area (Å²) in [6.45, 7) is 4.96. The topological polar surface area (TPSA) is 8.17 Å². The number of hydrogen-bond acceptors (Lipinski definition) is 1. The third kappa shape index (κ3) is 1.35. The van der Waals surface area contributed by atoms with Gasteiger partial charge in [0, 0.05) is 37.4 Å². The van der Waals surface area contributed by atoms with Gasteiger partial charge in [-0.1, -0.05) is 0 Å². The lowest BCUT2D eigenvalue weighted by Gasteiger charge is -2.40. The van der Waals surface area contributed by atoms with E-state index in [4.69, 9.17) is 0 Å². The molecule has 0 bridgehead atoms. The van der Waals surface area contributed by atoms with E-state index in [0.717, 1.165) is 0 Å². The molecule has 3 heterocycles. The monoisotopic (exact) mass is 226 g/mol. The normalized spacial score (nSPS) is 29.5. The van der Waals surface area contributed by atoms with Crippen LogP contribution in [0.1, 0.15) is 31.0 Å². The average Bonchev–Trinajstić information content (AvgIpc) is 2.69. The maximum atomic E-state index is 2.66. The van der Waals surface area contributed by atoms with E-state index >= 15 is 0 Å². The molecule has 0 aromatic carbocycles. The smallest absolute Gasteiger partial charge is 0.0450 e. The number of hydrogen-bond donors (Lipinski definition) is 0. The lowest BCUT2D eigenvalue weighted by Crippen LogP contribution is -2.43. The van der Waals surface area contributed by atoms with E-state index in [0.29, 0.717) is 5.54 Å². The van der Waals surface area contributed by atoms with Crippen LogP contribution in [-0.2, 0) is 19.0 Å². The Morgan fingerprint density at radius 2 is 2.13 bits per heavy atom. The van der Waals surface area contributed by atoms with Gasteiger partial charge >= 0.3 is 0 Å². The highest BCUT2D eigenvalue weighted by Crippen LogP contribution is 2.43. The van der Waals surface area contributed by atoms with Crippen molar-refractivity contribution >= 4 is 12.4 Å². The van der Waals surface area contributed by atoms with E-state index in [2.05, 4.69) is 35.7 Å². The van der Waals surface area contributed by atoms with Crippen molar-refractivity contribution in [2.75, 3.05) is 13.1 Å². The Morgan fingerprint density at radius 3 is 2.93 bits per heavy atom. The van der Waals surface area contributed by atoms with Gasteiger partial charge < -0.3 is 4.57 Å². The summed E-state index contributed by atoms with van der Waals surface area (Å²) in [4.78, 5) is 2.66. The fourth-order valence-electron chi connectivity index (χ4n) is 3.29. The fourth-order valence-corrected chi connectivity index (χ4v) is 3.29. The number of halogens is 1. The molecule has 2 aliphatic heterocycles. The molecule has 1 atom stereocenters. The molecule has 1 aromatic rings. The molecule has 1 fully saturated rings. The van der Waals surface area contributed by atoms with Gasteiger partial charge in [-0.2, -0.15) is 0 Å². The number of fused-ring (bicyclic) bond motifs is 3. The minimum Gasteiger partial charge on any atom is -0.354 e. The van der Waals surface area contributed by atoms with Gasteiger partial charge in [0.05, 0.1) is 0 Å². The summed E-state index contributed by atoms with van der Waals surface area (Å²) in [5, 5.41) is 0. The highest BCUT2D eigenvalue weighted by Gasteiger charge is 2.42. The van der Waals surface area contributed by atoms with Crippen molar-refractivity contribution in [1.29, 1.82) is 0 Å². The Hall–Kier alpha value is -0.470. The van der Waals surface area contributed by atoms with Crippen LogP contribution in [-0.4, -0.2) is 22.6 Å². The zero-order chi connectivity index (χ0) is 9.76. The predicted octanol–water partition coefficient (Wildman–Crippen LogP) is 2.31. The van der Waals surface area contributed by atoms with Crippen LogP contribution in [0.15, 0.2) is 12.3 Å². The quantitative estimate of drug-likeness (QED) is 0.659. The van der Waals surface area contributed by atoms with E-state index in [1.807, 2.05) is 0 Å². The Bertz CT molecular complexity index is 372. The van der Waals surface area contributed by atoms with Crippen molar-refractivity contribution in [3.05, 3.63) is 23.5 Å². The van der Waals surface area contributed by atoms with Crippen molar-refractivity contribution in [2.24, 2.45) is 7.05 Å². The molecule has 2 aliphatic rings. The van der Waals surface area contributed by atoms with Gasteiger partial charge in [-0.15, -0.1) is 12.4 Å². The summed E-state index contributed by atoms with van der Waals surface area (Å²) in [5.41, 5.74) is 3.50. The SMILES string of the molecule is Cl.Cn1ccc2c1CCN1CCCC21C. The summed E-state index contributed by atoms with van der Waals surface area (Å²) in [5.74, 6) is 0. The first-order valence-corrected chi connectivity index (χ1v) is 5.61. The van der Waals surface area contributed by atoms with Crippen LogP contribution in [0.2, 0.25) is 0 Å². The molecule has 15 heavy (non-hydrogen) atoms. The highest BCUT2D eigenvalue weighted by atomic mass is 35.5. The average molecular weight is 227 g/mol. The molecule has 3 rings (SSSR count).